The van der Waals surface area contributed by atoms with Crippen molar-refractivity contribution in [1.82, 2.24) is 0 Å². The molecule has 0 amide bonds. The Balaban J connectivity index is 2.26. The number of rotatable bonds is 4. The molecule has 2 aromatic rings. The van der Waals surface area contributed by atoms with Gasteiger partial charge in [-0.2, -0.15) is 0 Å². The van der Waals surface area contributed by atoms with Gasteiger partial charge in [-0.25, -0.2) is 4.39 Å². The molecule has 0 aromatic heterocycles. The molecule has 1 N–H and O–H groups in total. The SMILES string of the molecule is CC(Nc1ccc(Cl)c(F)c1)c1ccccc1[N+](=O)[O-]. The molecule has 104 valence electrons. The highest BCUT2D eigenvalue weighted by Gasteiger charge is 2.18. The third-order valence-corrected chi connectivity index (χ3v) is 3.21. The van der Waals surface area contributed by atoms with E-state index in [1.165, 1.54) is 18.2 Å². The molecule has 0 bridgehead atoms. The van der Waals surface area contributed by atoms with Crippen molar-refractivity contribution in [2.24, 2.45) is 0 Å². The lowest BCUT2D eigenvalue weighted by Gasteiger charge is -2.16. The van der Waals surface area contributed by atoms with Crippen molar-refractivity contribution in [3.63, 3.8) is 0 Å². The van der Waals surface area contributed by atoms with Gasteiger partial charge >= 0.3 is 0 Å². The van der Waals surface area contributed by atoms with Crippen LogP contribution in [-0.2, 0) is 0 Å². The van der Waals surface area contributed by atoms with Crippen LogP contribution in [0.5, 0.6) is 0 Å². The Morgan fingerprint density at radius 2 is 2.00 bits per heavy atom. The average molecular weight is 295 g/mol. The zero-order valence-electron chi connectivity index (χ0n) is 10.6. The number of hydrogen-bond acceptors (Lipinski definition) is 3. The molecule has 0 aliphatic carbocycles. The summed E-state index contributed by atoms with van der Waals surface area (Å²) >= 11 is 5.61. The van der Waals surface area contributed by atoms with E-state index < -0.39 is 10.7 Å². The number of anilines is 1. The van der Waals surface area contributed by atoms with Crippen LogP contribution in [0, 0.1) is 15.9 Å². The van der Waals surface area contributed by atoms with Crippen molar-refractivity contribution in [3.8, 4) is 0 Å². The van der Waals surface area contributed by atoms with Crippen molar-refractivity contribution < 1.29 is 9.31 Å². The summed E-state index contributed by atoms with van der Waals surface area (Å²) in [5.41, 5.74) is 1.08. The molecule has 1 unspecified atom stereocenters. The molecule has 2 aromatic carbocycles. The van der Waals surface area contributed by atoms with Crippen LogP contribution in [-0.4, -0.2) is 4.92 Å². The minimum Gasteiger partial charge on any atom is -0.378 e. The third kappa shape index (κ3) is 3.05. The first-order valence-corrected chi connectivity index (χ1v) is 6.31. The Kier molecular flexibility index (Phi) is 4.20. The van der Waals surface area contributed by atoms with Gasteiger partial charge in [0.2, 0.25) is 0 Å². The lowest BCUT2D eigenvalue weighted by molar-refractivity contribution is -0.385. The van der Waals surface area contributed by atoms with Gasteiger partial charge in [-0.3, -0.25) is 10.1 Å². The van der Waals surface area contributed by atoms with Crippen LogP contribution in [0.2, 0.25) is 5.02 Å². The van der Waals surface area contributed by atoms with Gasteiger partial charge < -0.3 is 5.32 Å². The highest BCUT2D eigenvalue weighted by molar-refractivity contribution is 6.30. The van der Waals surface area contributed by atoms with Gasteiger partial charge in [0.1, 0.15) is 5.82 Å². The predicted molar refractivity (Wildman–Crippen MR) is 76.5 cm³/mol. The quantitative estimate of drug-likeness (QED) is 0.664. The van der Waals surface area contributed by atoms with Crippen molar-refractivity contribution in [1.29, 1.82) is 0 Å². The smallest absolute Gasteiger partial charge is 0.274 e. The van der Waals surface area contributed by atoms with E-state index in [9.17, 15) is 14.5 Å². The maximum Gasteiger partial charge on any atom is 0.274 e. The third-order valence-electron chi connectivity index (χ3n) is 2.90. The number of nitrogens with one attached hydrogen (secondary N) is 1. The van der Waals surface area contributed by atoms with Gasteiger partial charge in [-0.1, -0.05) is 29.8 Å². The molecule has 1 atom stereocenters. The topological polar surface area (TPSA) is 55.2 Å². The zero-order chi connectivity index (χ0) is 14.7. The maximum absolute atomic E-state index is 13.4. The summed E-state index contributed by atoms with van der Waals surface area (Å²) < 4.78 is 13.4. The van der Waals surface area contributed by atoms with E-state index >= 15 is 0 Å². The van der Waals surface area contributed by atoms with Crippen LogP contribution in [0.1, 0.15) is 18.5 Å². The van der Waals surface area contributed by atoms with Gasteiger partial charge in [-0.05, 0) is 25.1 Å². The van der Waals surface area contributed by atoms with Gasteiger partial charge in [0.05, 0.1) is 21.6 Å². The Morgan fingerprint density at radius 1 is 1.30 bits per heavy atom. The number of nitro benzene ring substituents is 1. The van der Waals surface area contributed by atoms with E-state index in [0.29, 0.717) is 11.3 Å². The first-order valence-electron chi connectivity index (χ1n) is 5.94. The van der Waals surface area contributed by atoms with Crippen LogP contribution in [0.25, 0.3) is 0 Å². The predicted octanol–water partition coefficient (Wildman–Crippen LogP) is 4.56. The summed E-state index contributed by atoms with van der Waals surface area (Å²) in [5.74, 6) is -0.536. The molecule has 0 aliphatic rings. The van der Waals surface area contributed by atoms with Crippen molar-refractivity contribution in [2.45, 2.75) is 13.0 Å². The average Bonchev–Trinajstić information content (AvgIpc) is 2.43. The fourth-order valence-electron chi connectivity index (χ4n) is 1.93. The van der Waals surface area contributed by atoms with E-state index in [4.69, 9.17) is 11.6 Å². The number of nitrogens with zero attached hydrogens (tertiary/aromatic N) is 1. The van der Waals surface area contributed by atoms with Crippen LogP contribution < -0.4 is 5.32 Å². The first kappa shape index (κ1) is 14.3. The van der Waals surface area contributed by atoms with Gasteiger partial charge in [0.15, 0.2) is 0 Å². The van der Waals surface area contributed by atoms with Crippen LogP contribution in [0.15, 0.2) is 42.5 Å². The van der Waals surface area contributed by atoms with Crippen molar-refractivity contribution in [3.05, 3.63) is 69.0 Å². The standard InChI is InChI=1S/C14H12ClFN2O2/c1-9(11-4-2-3-5-14(11)18(19)20)17-10-6-7-12(15)13(16)8-10/h2-9,17H,1H3. The Labute approximate surface area is 120 Å². The second-order valence-electron chi connectivity index (χ2n) is 4.31. The van der Waals surface area contributed by atoms with E-state index in [1.54, 1.807) is 31.2 Å². The largest absolute Gasteiger partial charge is 0.378 e. The molecule has 0 fully saturated rings. The molecule has 4 nitrogen and oxygen atoms in total. The number of benzene rings is 2. The molecule has 0 aliphatic heterocycles. The lowest BCUT2D eigenvalue weighted by Crippen LogP contribution is -2.09. The Hall–Kier alpha value is -2.14. The summed E-state index contributed by atoms with van der Waals surface area (Å²) in [7, 11) is 0. The van der Waals surface area contributed by atoms with Crippen LogP contribution >= 0.6 is 11.6 Å². The maximum atomic E-state index is 13.4. The summed E-state index contributed by atoms with van der Waals surface area (Å²) in [6.45, 7) is 1.77. The summed E-state index contributed by atoms with van der Waals surface area (Å²) in [6.07, 6.45) is 0. The van der Waals surface area contributed by atoms with Crippen molar-refractivity contribution in [2.75, 3.05) is 5.32 Å². The van der Waals surface area contributed by atoms with E-state index in [-0.39, 0.29) is 16.8 Å². The molecule has 20 heavy (non-hydrogen) atoms. The number of para-hydroxylation sites is 1. The number of nitro groups is 1. The minimum atomic E-state index is -0.536. The van der Waals surface area contributed by atoms with E-state index in [0.717, 1.165) is 0 Å². The molecule has 6 heteroatoms. The van der Waals surface area contributed by atoms with E-state index in [1.807, 2.05) is 0 Å². The molecule has 0 heterocycles. The second kappa shape index (κ2) is 5.88. The minimum absolute atomic E-state index is 0.0296. The van der Waals surface area contributed by atoms with Crippen LogP contribution in [0.4, 0.5) is 15.8 Å². The molecule has 0 saturated heterocycles. The fraction of sp³-hybridized carbons (Fsp3) is 0.143. The fourth-order valence-corrected chi connectivity index (χ4v) is 2.05. The number of halogens is 2. The summed E-state index contributed by atoms with van der Waals surface area (Å²) in [5, 5.41) is 14.0. The van der Waals surface area contributed by atoms with Gasteiger partial charge in [0, 0.05) is 11.8 Å². The van der Waals surface area contributed by atoms with Crippen molar-refractivity contribution >= 4 is 23.0 Å². The van der Waals surface area contributed by atoms with Gasteiger partial charge in [0.25, 0.3) is 5.69 Å². The monoisotopic (exact) mass is 294 g/mol. The molecule has 0 saturated carbocycles. The highest BCUT2D eigenvalue weighted by atomic mass is 35.5. The Morgan fingerprint density at radius 3 is 2.65 bits per heavy atom. The molecular weight excluding hydrogens is 283 g/mol. The normalized spacial score (nSPS) is 11.9. The first-order chi connectivity index (χ1) is 9.49. The molecule has 0 radical (unpaired) electrons. The molecule has 2 rings (SSSR count). The lowest BCUT2D eigenvalue weighted by atomic mass is 10.1. The summed E-state index contributed by atoms with van der Waals surface area (Å²) in [6, 6.07) is 10.4. The number of hydrogen-bond donors (Lipinski definition) is 1. The Bertz CT molecular complexity index is 649. The zero-order valence-corrected chi connectivity index (χ0v) is 11.4. The summed E-state index contributed by atoms with van der Waals surface area (Å²) in [4.78, 5) is 10.5. The van der Waals surface area contributed by atoms with Crippen LogP contribution in [0.3, 0.4) is 0 Å². The van der Waals surface area contributed by atoms with E-state index in [2.05, 4.69) is 5.32 Å². The molecular formula is C14H12ClFN2O2. The highest BCUT2D eigenvalue weighted by Crippen LogP contribution is 2.28. The molecule has 0 spiro atoms. The van der Waals surface area contributed by atoms with Gasteiger partial charge in [-0.15, -0.1) is 0 Å². The second-order valence-corrected chi connectivity index (χ2v) is 4.72.